The molecular formula is C14H18N4O. The Kier molecular flexibility index (Phi) is 2.98. The van der Waals surface area contributed by atoms with Gasteiger partial charge in [-0.3, -0.25) is 0 Å². The molecule has 100 valence electrons. The van der Waals surface area contributed by atoms with Gasteiger partial charge in [0.1, 0.15) is 12.1 Å². The van der Waals surface area contributed by atoms with Gasteiger partial charge in [0.05, 0.1) is 17.7 Å². The molecule has 2 N–H and O–H groups in total. The van der Waals surface area contributed by atoms with E-state index in [0.717, 1.165) is 35.5 Å². The molecule has 19 heavy (non-hydrogen) atoms. The summed E-state index contributed by atoms with van der Waals surface area (Å²) >= 11 is 0. The molecule has 0 radical (unpaired) electrons. The molecule has 1 saturated heterocycles. The quantitative estimate of drug-likeness (QED) is 0.790. The SMILES string of the molecule is CC1CN(c2ncnc3ccc(N)cc23)CC(C)O1. The van der Waals surface area contributed by atoms with Gasteiger partial charge in [0.15, 0.2) is 0 Å². The molecule has 1 aromatic heterocycles. The van der Waals surface area contributed by atoms with Crippen molar-refractivity contribution in [2.75, 3.05) is 23.7 Å². The Morgan fingerprint density at radius 1 is 1.21 bits per heavy atom. The largest absolute Gasteiger partial charge is 0.399 e. The predicted molar refractivity (Wildman–Crippen MR) is 76.2 cm³/mol. The van der Waals surface area contributed by atoms with E-state index in [9.17, 15) is 0 Å². The van der Waals surface area contributed by atoms with Crippen LogP contribution in [-0.4, -0.2) is 35.3 Å². The standard InChI is InChI=1S/C14H18N4O/c1-9-6-18(7-10(2)19-9)14-12-5-11(15)3-4-13(12)16-8-17-14/h3-5,8-10H,6-7,15H2,1-2H3. The zero-order valence-electron chi connectivity index (χ0n) is 11.2. The lowest BCUT2D eigenvalue weighted by molar-refractivity contribution is -0.00537. The summed E-state index contributed by atoms with van der Waals surface area (Å²) in [6.07, 6.45) is 2.02. The summed E-state index contributed by atoms with van der Waals surface area (Å²) in [6.45, 7) is 5.84. The Labute approximate surface area is 112 Å². The first-order chi connectivity index (χ1) is 9.13. The van der Waals surface area contributed by atoms with Crippen LogP contribution in [0, 0.1) is 0 Å². The fourth-order valence-corrected chi connectivity index (χ4v) is 2.66. The number of hydrogen-bond donors (Lipinski definition) is 1. The summed E-state index contributed by atoms with van der Waals surface area (Å²) in [6, 6.07) is 5.74. The fourth-order valence-electron chi connectivity index (χ4n) is 2.66. The van der Waals surface area contributed by atoms with Crippen molar-refractivity contribution in [1.29, 1.82) is 0 Å². The first kappa shape index (κ1) is 12.2. The molecule has 2 heterocycles. The summed E-state index contributed by atoms with van der Waals surface area (Å²) in [7, 11) is 0. The average molecular weight is 258 g/mol. The molecule has 2 atom stereocenters. The van der Waals surface area contributed by atoms with Crippen LogP contribution in [0.2, 0.25) is 0 Å². The molecule has 0 saturated carbocycles. The van der Waals surface area contributed by atoms with E-state index in [2.05, 4.69) is 28.7 Å². The van der Waals surface area contributed by atoms with E-state index in [0.29, 0.717) is 0 Å². The number of ether oxygens (including phenoxy) is 1. The van der Waals surface area contributed by atoms with E-state index in [1.54, 1.807) is 6.33 Å². The maximum absolute atomic E-state index is 5.88. The van der Waals surface area contributed by atoms with Gasteiger partial charge in [-0.15, -0.1) is 0 Å². The molecular weight excluding hydrogens is 240 g/mol. The molecule has 0 amide bonds. The Morgan fingerprint density at radius 3 is 2.68 bits per heavy atom. The van der Waals surface area contributed by atoms with Crippen LogP contribution in [-0.2, 0) is 4.74 Å². The molecule has 1 fully saturated rings. The lowest BCUT2D eigenvalue weighted by atomic mass is 10.1. The number of rotatable bonds is 1. The highest BCUT2D eigenvalue weighted by Gasteiger charge is 2.24. The van der Waals surface area contributed by atoms with Crippen LogP contribution in [0.15, 0.2) is 24.5 Å². The van der Waals surface area contributed by atoms with Gasteiger partial charge in [0.2, 0.25) is 0 Å². The van der Waals surface area contributed by atoms with Gasteiger partial charge in [0, 0.05) is 24.2 Å². The Morgan fingerprint density at radius 2 is 1.95 bits per heavy atom. The smallest absolute Gasteiger partial charge is 0.140 e. The molecule has 1 aliphatic rings. The molecule has 0 bridgehead atoms. The Bertz CT molecular complexity index is 591. The summed E-state index contributed by atoms with van der Waals surface area (Å²) in [5.74, 6) is 0.944. The van der Waals surface area contributed by atoms with Gasteiger partial charge < -0.3 is 15.4 Å². The highest BCUT2D eigenvalue weighted by atomic mass is 16.5. The van der Waals surface area contributed by atoms with E-state index in [1.165, 1.54) is 0 Å². The average Bonchev–Trinajstić information content (AvgIpc) is 2.36. The van der Waals surface area contributed by atoms with Crippen molar-refractivity contribution in [3.63, 3.8) is 0 Å². The number of hydrogen-bond acceptors (Lipinski definition) is 5. The van der Waals surface area contributed by atoms with Crippen molar-refractivity contribution in [2.24, 2.45) is 0 Å². The summed E-state index contributed by atoms with van der Waals surface area (Å²) in [5.41, 5.74) is 7.53. The lowest BCUT2D eigenvalue weighted by Gasteiger charge is -2.36. The van der Waals surface area contributed by atoms with E-state index >= 15 is 0 Å². The van der Waals surface area contributed by atoms with E-state index in [4.69, 9.17) is 10.5 Å². The van der Waals surface area contributed by atoms with Crippen molar-refractivity contribution in [3.05, 3.63) is 24.5 Å². The number of anilines is 2. The van der Waals surface area contributed by atoms with Crippen LogP contribution in [0.4, 0.5) is 11.5 Å². The molecule has 5 heteroatoms. The predicted octanol–water partition coefficient (Wildman–Crippen LogP) is 1.83. The summed E-state index contributed by atoms with van der Waals surface area (Å²) in [4.78, 5) is 11.0. The zero-order valence-corrected chi connectivity index (χ0v) is 11.2. The molecule has 1 aliphatic heterocycles. The van der Waals surface area contributed by atoms with Gasteiger partial charge >= 0.3 is 0 Å². The van der Waals surface area contributed by atoms with Crippen LogP contribution in [0.5, 0.6) is 0 Å². The van der Waals surface area contributed by atoms with Gasteiger partial charge in [0.25, 0.3) is 0 Å². The Hall–Kier alpha value is -1.88. The van der Waals surface area contributed by atoms with Crippen molar-refractivity contribution in [3.8, 4) is 0 Å². The third kappa shape index (κ3) is 2.33. The first-order valence-electron chi connectivity index (χ1n) is 6.54. The minimum Gasteiger partial charge on any atom is -0.399 e. The third-order valence-electron chi connectivity index (χ3n) is 3.36. The molecule has 1 aromatic carbocycles. The van der Waals surface area contributed by atoms with E-state index < -0.39 is 0 Å². The molecule has 2 aromatic rings. The van der Waals surface area contributed by atoms with Gasteiger partial charge in [-0.1, -0.05) is 0 Å². The zero-order chi connectivity index (χ0) is 13.4. The fraction of sp³-hybridized carbons (Fsp3) is 0.429. The maximum atomic E-state index is 5.88. The number of nitrogens with two attached hydrogens (primary N) is 1. The highest BCUT2D eigenvalue weighted by Crippen LogP contribution is 2.27. The van der Waals surface area contributed by atoms with Gasteiger partial charge in [-0.05, 0) is 32.0 Å². The number of benzene rings is 1. The number of nitrogen functional groups attached to an aromatic ring is 1. The molecule has 0 aliphatic carbocycles. The number of aromatic nitrogens is 2. The molecule has 0 spiro atoms. The summed E-state index contributed by atoms with van der Waals surface area (Å²) < 4.78 is 5.76. The maximum Gasteiger partial charge on any atom is 0.140 e. The topological polar surface area (TPSA) is 64.3 Å². The summed E-state index contributed by atoms with van der Waals surface area (Å²) in [5, 5.41) is 1.00. The lowest BCUT2D eigenvalue weighted by Crippen LogP contribution is -2.45. The number of nitrogens with zero attached hydrogens (tertiary/aromatic N) is 3. The van der Waals surface area contributed by atoms with Crippen molar-refractivity contribution >= 4 is 22.4 Å². The third-order valence-corrected chi connectivity index (χ3v) is 3.36. The Balaban J connectivity index is 2.06. The highest BCUT2D eigenvalue weighted by molar-refractivity contribution is 5.91. The molecule has 2 unspecified atom stereocenters. The van der Waals surface area contributed by atoms with Gasteiger partial charge in [-0.25, -0.2) is 9.97 Å². The second-order valence-electron chi connectivity index (χ2n) is 5.14. The monoisotopic (exact) mass is 258 g/mol. The molecule has 5 nitrogen and oxygen atoms in total. The van der Waals surface area contributed by atoms with Crippen molar-refractivity contribution < 1.29 is 4.74 Å². The van der Waals surface area contributed by atoms with E-state index in [-0.39, 0.29) is 12.2 Å². The first-order valence-corrected chi connectivity index (χ1v) is 6.54. The van der Waals surface area contributed by atoms with Crippen LogP contribution in [0.25, 0.3) is 10.9 Å². The number of morpholine rings is 1. The second-order valence-corrected chi connectivity index (χ2v) is 5.14. The minimum atomic E-state index is 0.204. The van der Waals surface area contributed by atoms with Crippen LogP contribution in [0.3, 0.4) is 0 Å². The van der Waals surface area contributed by atoms with Crippen LogP contribution in [0.1, 0.15) is 13.8 Å². The van der Waals surface area contributed by atoms with Crippen molar-refractivity contribution in [2.45, 2.75) is 26.1 Å². The normalized spacial score (nSPS) is 23.8. The molecule has 3 rings (SSSR count). The second kappa shape index (κ2) is 4.66. The van der Waals surface area contributed by atoms with Crippen LogP contribution < -0.4 is 10.6 Å². The number of fused-ring (bicyclic) bond motifs is 1. The van der Waals surface area contributed by atoms with Crippen molar-refractivity contribution in [1.82, 2.24) is 9.97 Å². The van der Waals surface area contributed by atoms with Gasteiger partial charge in [-0.2, -0.15) is 0 Å². The van der Waals surface area contributed by atoms with Crippen LogP contribution >= 0.6 is 0 Å². The van der Waals surface area contributed by atoms with E-state index in [1.807, 2.05) is 18.2 Å². The minimum absolute atomic E-state index is 0.204.